The summed E-state index contributed by atoms with van der Waals surface area (Å²) in [6.07, 6.45) is 2.69. The summed E-state index contributed by atoms with van der Waals surface area (Å²) < 4.78 is 1.47. The van der Waals surface area contributed by atoms with Gasteiger partial charge in [-0.15, -0.1) is 0 Å². The van der Waals surface area contributed by atoms with Gasteiger partial charge in [-0.2, -0.15) is 5.10 Å². The van der Waals surface area contributed by atoms with Crippen LogP contribution in [0.2, 0.25) is 0 Å². The summed E-state index contributed by atoms with van der Waals surface area (Å²) in [6, 6.07) is 3.18. The van der Waals surface area contributed by atoms with Crippen molar-refractivity contribution in [2.75, 3.05) is 6.54 Å². The molecule has 1 aromatic heterocycles. The molecule has 1 aromatic rings. The molecular weight excluding hydrogens is 190 g/mol. The fourth-order valence-electron chi connectivity index (χ4n) is 1.18. The normalized spacial score (nSPS) is 11.7. The van der Waals surface area contributed by atoms with E-state index >= 15 is 0 Å². The van der Waals surface area contributed by atoms with Crippen molar-refractivity contribution in [1.82, 2.24) is 15.1 Å². The highest BCUT2D eigenvalue weighted by Crippen LogP contribution is 2.05. The van der Waals surface area contributed by atoms with Gasteiger partial charge in [0.1, 0.15) is 0 Å². The van der Waals surface area contributed by atoms with Crippen LogP contribution in [0.4, 0.5) is 0 Å². The molecule has 0 atom stereocenters. The molecule has 1 N–H and O–H groups in total. The van der Waals surface area contributed by atoms with E-state index in [4.69, 9.17) is 0 Å². The van der Waals surface area contributed by atoms with Crippen molar-refractivity contribution in [3.05, 3.63) is 28.7 Å². The lowest BCUT2D eigenvalue weighted by atomic mass is 10.0. The second-order valence-electron chi connectivity index (χ2n) is 4.25. The van der Waals surface area contributed by atoms with E-state index in [-0.39, 0.29) is 11.1 Å². The van der Waals surface area contributed by atoms with Crippen LogP contribution in [0.5, 0.6) is 0 Å². The number of hydrogen-bond donors (Lipinski definition) is 1. The lowest BCUT2D eigenvalue weighted by Gasteiger charge is -2.24. The maximum atomic E-state index is 11.3. The molecule has 0 bridgehead atoms. The van der Waals surface area contributed by atoms with Crippen molar-refractivity contribution in [3.8, 4) is 0 Å². The third-order valence-electron chi connectivity index (χ3n) is 2.60. The summed E-state index contributed by atoms with van der Waals surface area (Å²) in [7, 11) is 0. The minimum atomic E-state index is -0.0476. The summed E-state index contributed by atoms with van der Waals surface area (Å²) in [5.74, 6) is 0. The molecule has 0 spiro atoms. The second-order valence-corrected chi connectivity index (χ2v) is 4.25. The Morgan fingerprint density at radius 3 is 2.87 bits per heavy atom. The topological polar surface area (TPSA) is 46.9 Å². The molecule has 0 aliphatic carbocycles. The summed E-state index contributed by atoms with van der Waals surface area (Å²) in [6.45, 7) is 7.81. The van der Waals surface area contributed by atoms with Gasteiger partial charge in [0, 0.05) is 24.3 Å². The van der Waals surface area contributed by atoms with E-state index in [1.54, 1.807) is 12.3 Å². The van der Waals surface area contributed by atoms with Crippen molar-refractivity contribution in [2.24, 2.45) is 0 Å². The molecule has 84 valence electrons. The standard InChI is InChI=1S/C11H19N3O/c1-4-11(2,3)12-8-9-14-10(15)6-5-7-13-14/h5-7,12H,4,8-9H2,1-3H3. The van der Waals surface area contributed by atoms with E-state index in [2.05, 4.69) is 31.2 Å². The van der Waals surface area contributed by atoms with Crippen LogP contribution in [0.3, 0.4) is 0 Å². The molecule has 1 rings (SSSR count). The Hall–Kier alpha value is -1.16. The predicted molar refractivity (Wildman–Crippen MR) is 60.9 cm³/mol. The lowest BCUT2D eigenvalue weighted by Crippen LogP contribution is -2.41. The van der Waals surface area contributed by atoms with Gasteiger partial charge in [-0.25, -0.2) is 4.68 Å². The maximum Gasteiger partial charge on any atom is 0.266 e. The third-order valence-corrected chi connectivity index (χ3v) is 2.60. The van der Waals surface area contributed by atoms with E-state index in [0.717, 1.165) is 13.0 Å². The molecule has 1 heterocycles. The zero-order valence-corrected chi connectivity index (χ0v) is 9.66. The van der Waals surface area contributed by atoms with E-state index in [0.29, 0.717) is 6.54 Å². The van der Waals surface area contributed by atoms with Gasteiger partial charge in [0.15, 0.2) is 0 Å². The lowest BCUT2D eigenvalue weighted by molar-refractivity contribution is 0.360. The van der Waals surface area contributed by atoms with Gasteiger partial charge < -0.3 is 5.32 Å². The van der Waals surface area contributed by atoms with Gasteiger partial charge >= 0.3 is 0 Å². The maximum absolute atomic E-state index is 11.3. The molecule has 0 amide bonds. The first-order valence-corrected chi connectivity index (χ1v) is 5.32. The number of aromatic nitrogens is 2. The van der Waals surface area contributed by atoms with Crippen LogP contribution in [0.1, 0.15) is 27.2 Å². The highest BCUT2D eigenvalue weighted by molar-refractivity contribution is 4.85. The molecule has 4 nitrogen and oxygen atoms in total. The quantitative estimate of drug-likeness (QED) is 0.787. The smallest absolute Gasteiger partial charge is 0.266 e. The van der Waals surface area contributed by atoms with Gasteiger partial charge in [0.05, 0.1) is 6.54 Å². The third kappa shape index (κ3) is 3.83. The molecular formula is C11H19N3O. The largest absolute Gasteiger partial charge is 0.310 e. The zero-order valence-electron chi connectivity index (χ0n) is 9.66. The average Bonchev–Trinajstić information content (AvgIpc) is 2.21. The minimum absolute atomic E-state index is 0.0476. The van der Waals surface area contributed by atoms with Crippen LogP contribution in [0, 0.1) is 0 Å². The minimum Gasteiger partial charge on any atom is -0.310 e. The first-order chi connectivity index (χ1) is 7.05. The zero-order chi connectivity index (χ0) is 11.3. The van der Waals surface area contributed by atoms with E-state index < -0.39 is 0 Å². The molecule has 0 aromatic carbocycles. The molecule has 0 fully saturated rings. The van der Waals surface area contributed by atoms with Gasteiger partial charge in [0.2, 0.25) is 0 Å². The van der Waals surface area contributed by atoms with Crippen LogP contribution in [-0.4, -0.2) is 21.9 Å². The highest BCUT2D eigenvalue weighted by atomic mass is 16.1. The first-order valence-electron chi connectivity index (χ1n) is 5.32. The van der Waals surface area contributed by atoms with Crippen LogP contribution < -0.4 is 10.9 Å². The Morgan fingerprint density at radius 1 is 1.53 bits per heavy atom. The van der Waals surface area contributed by atoms with Gasteiger partial charge in [-0.1, -0.05) is 6.92 Å². The van der Waals surface area contributed by atoms with Gasteiger partial charge in [-0.05, 0) is 26.3 Å². The molecule has 0 saturated carbocycles. The van der Waals surface area contributed by atoms with Gasteiger partial charge in [-0.3, -0.25) is 4.79 Å². The number of nitrogens with one attached hydrogen (secondary N) is 1. The summed E-state index contributed by atoms with van der Waals surface area (Å²) >= 11 is 0. The Bertz CT molecular complexity index is 357. The molecule has 0 radical (unpaired) electrons. The highest BCUT2D eigenvalue weighted by Gasteiger charge is 2.12. The molecule has 4 heteroatoms. The number of rotatable bonds is 5. The summed E-state index contributed by atoms with van der Waals surface area (Å²) in [5, 5.41) is 7.37. The monoisotopic (exact) mass is 209 g/mol. The van der Waals surface area contributed by atoms with Crippen molar-refractivity contribution in [3.63, 3.8) is 0 Å². The summed E-state index contributed by atoms with van der Waals surface area (Å²) in [4.78, 5) is 11.3. The molecule has 0 aliphatic heterocycles. The fourth-order valence-corrected chi connectivity index (χ4v) is 1.18. The van der Waals surface area contributed by atoms with Crippen molar-refractivity contribution >= 4 is 0 Å². The Kier molecular flexibility index (Phi) is 4.03. The average molecular weight is 209 g/mol. The van der Waals surface area contributed by atoms with Crippen LogP contribution in [0.25, 0.3) is 0 Å². The SMILES string of the molecule is CCC(C)(C)NCCn1ncccc1=O. The Balaban J connectivity index is 2.45. The molecule has 0 saturated heterocycles. The van der Waals surface area contributed by atoms with Crippen molar-refractivity contribution in [2.45, 2.75) is 39.3 Å². The van der Waals surface area contributed by atoms with Gasteiger partial charge in [0.25, 0.3) is 5.56 Å². The molecule has 0 unspecified atom stereocenters. The molecule has 15 heavy (non-hydrogen) atoms. The van der Waals surface area contributed by atoms with Crippen LogP contribution >= 0.6 is 0 Å². The second kappa shape index (κ2) is 5.07. The van der Waals surface area contributed by atoms with Crippen LogP contribution in [0.15, 0.2) is 23.1 Å². The van der Waals surface area contributed by atoms with Crippen LogP contribution in [-0.2, 0) is 6.54 Å². The van der Waals surface area contributed by atoms with E-state index in [1.165, 1.54) is 10.7 Å². The van der Waals surface area contributed by atoms with E-state index in [1.807, 2.05) is 0 Å². The Morgan fingerprint density at radius 2 is 2.27 bits per heavy atom. The van der Waals surface area contributed by atoms with Crippen molar-refractivity contribution < 1.29 is 0 Å². The Labute approximate surface area is 90.3 Å². The molecule has 0 aliphatic rings. The first kappa shape index (κ1) is 11.9. The predicted octanol–water partition coefficient (Wildman–Crippen LogP) is 1.02. The van der Waals surface area contributed by atoms with E-state index in [9.17, 15) is 4.79 Å². The number of hydrogen-bond acceptors (Lipinski definition) is 3. The van der Waals surface area contributed by atoms with Crippen molar-refractivity contribution in [1.29, 1.82) is 0 Å². The number of nitrogens with zero attached hydrogens (tertiary/aromatic N) is 2. The summed E-state index contributed by atoms with van der Waals surface area (Å²) in [5.41, 5.74) is 0.0758. The fraction of sp³-hybridized carbons (Fsp3) is 0.636.